The van der Waals surface area contributed by atoms with Gasteiger partial charge in [0.2, 0.25) is 11.8 Å². The van der Waals surface area contributed by atoms with Gasteiger partial charge in [-0.3, -0.25) is 14.4 Å². The molecule has 0 fully saturated rings. The minimum absolute atomic E-state index is 0.111. The molecule has 3 amide bonds. The summed E-state index contributed by atoms with van der Waals surface area (Å²) in [4.78, 5) is 37.0. The van der Waals surface area contributed by atoms with Crippen LogP contribution in [0.2, 0.25) is 0 Å². The molecular weight excluding hydrogens is 298 g/mol. The van der Waals surface area contributed by atoms with Gasteiger partial charge >= 0.3 is 0 Å². The second kappa shape index (κ2) is 7.62. The van der Waals surface area contributed by atoms with Crippen LogP contribution in [0.1, 0.15) is 20.3 Å². The molecule has 7 nitrogen and oxygen atoms in total. The summed E-state index contributed by atoms with van der Waals surface area (Å²) in [6.45, 7) is 3.97. The van der Waals surface area contributed by atoms with Crippen LogP contribution in [0.15, 0.2) is 24.3 Å². The van der Waals surface area contributed by atoms with E-state index in [1.807, 2.05) is 6.92 Å². The maximum atomic E-state index is 12.2. The molecule has 23 heavy (non-hydrogen) atoms. The fraction of sp³-hybridized carbons (Fsp3) is 0.438. The largest absolute Gasteiger partial charge is 0.477 e. The zero-order valence-corrected chi connectivity index (χ0v) is 13.3. The van der Waals surface area contributed by atoms with Crippen molar-refractivity contribution < 1.29 is 19.1 Å². The summed E-state index contributed by atoms with van der Waals surface area (Å²) in [6, 6.07) is 7.05. The third kappa shape index (κ3) is 4.21. The molecule has 0 saturated carbocycles. The van der Waals surface area contributed by atoms with E-state index in [-0.39, 0.29) is 24.9 Å². The summed E-state index contributed by atoms with van der Waals surface area (Å²) in [5.74, 6) is -0.360. The van der Waals surface area contributed by atoms with E-state index in [0.29, 0.717) is 18.0 Å². The van der Waals surface area contributed by atoms with Gasteiger partial charge in [0.05, 0.1) is 18.8 Å². The molecule has 1 atom stereocenters. The fourth-order valence-corrected chi connectivity index (χ4v) is 2.28. The number of rotatable bonds is 5. The molecule has 2 rings (SSSR count). The summed E-state index contributed by atoms with van der Waals surface area (Å²) in [6.07, 6.45) is -0.0109. The Morgan fingerprint density at radius 1 is 1.26 bits per heavy atom. The minimum Gasteiger partial charge on any atom is -0.477 e. The van der Waals surface area contributed by atoms with Crippen LogP contribution < -0.4 is 20.3 Å². The van der Waals surface area contributed by atoms with E-state index in [1.54, 1.807) is 24.3 Å². The lowest BCUT2D eigenvalue weighted by Crippen LogP contribution is -2.51. The van der Waals surface area contributed by atoms with E-state index in [0.717, 1.165) is 6.42 Å². The van der Waals surface area contributed by atoms with Crippen molar-refractivity contribution in [1.82, 2.24) is 10.6 Å². The number of amides is 3. The van der Waals surface area contributed by atoms with Crippen LogP contribution in [-0.2, 0) is 14.4 Å². The van der Waals surface area contributed by atoms with Crippen LogP contribution in [0.4, 0.5) is 5.69 Å². The van der Waals surface area contributed by atoms with E-state index in [2.05, 4.69) is 10.6 Å². The number of hydrogen-bond donors (Lipinski definition) is 2. The Kier molecular flexibility index (Phi) is 5.56. The first kappa shape index (κ1) is 16.8. The van der Waals surface area contributed by atoms with Crippen molar-refractivity contribution >= 4 is 23.4 Å². The first-order valence-electron chi connectivity index (χ1n) is 7.61. The predicted molar refractivity (Wildman–Crippen MR) is 85.2 cm³/mol. The van der Waals surface area contributed by atoms with Crippen LogP contribution >= 0.6 is 0 Å². The van der Waals surface area contributed by atoms with Gasteiger partial charge in [-0.05, 0) is 18.6 Å². The van der Waals surface area contributed by atoms with Crippen molar-refractivity contribution in [3.63, 3.8) is 0 Å². The number of carbonyl (C=O) groups excluding carboxylic acids is 3. The molecule has 0 saturated heterocycles. The number of hydrogen-bond acceptors (Lipinski definition) is 4. The lowest BCUT2D eigenvalue weighted by Gasteiger charge is -2.33. The highest BCUT2D eigenvalue weighted by molar-refractivity contribution is 5.96. The number of nitrogens with zero attached hydrogens (tertiary/aromatic N) is 1. The van der Waals surface area contributed by atoms with Gasteiger partial charge in [0.25, 0.3) is 5.91 Å². The Bertz CT molecular complexity index is 603. The van der Waals surface area contributed by atoms with Crippen LogP contribution in [0.25, 0.3) is 0 Å². The lowest BCUT2D eigenvalue weighted by molar-refractivity contribution is -0.131. The van der Waals surface area contributed by atoms with Crippen LogP contribution in [0, 0.1) is 0 Å². The molecule has 124 valence electrons. The molecule has 0 radical (unpaired) electrons. The van der Waals surface area contributed by atoms with Gasteiger partial charge in [0.15, 0.2) is 6.10 Å². The van der Waals surface area contributed by atoms with Gasteiger partial charge < -0.3 is 20.3 Å². The third-order valence-corrected chi connectivity index (χ3v) is 3.44. The number of carbonyl (C=O) groups is 3. The standard InChI is InChI=1S/C16H21N3O4/c1-3-8-17-15(21)9-18-16(22)14-10-19(11(2)20)12-6-4-5-7-13(12)23-14/h4-7,14H,3,8-10H2,1-2H3,(H,17,21)(H,18,22)/t14-/m0/s1. The monoisotopic (exact) mass is 319 g/mol. The molecule has 7 heteroatoms. The first-order valence-corrected chi connectivity index (χ1v) is 7.61. The van der Waals surface area contributed by atoms with Crippen LogP contribution in [0.5, 0.6) is 5.75 Å². The highest BCUT2D eigenvalue weighted by atomic mass is 16.5. The first-order chi connectivity index (χ1) is 11.0. The average molecular weight is 319 g/mol. The summed E-state index contributed by atoms with van der Waals surface area (Å²) in [5, 5.41) is 5.21. The van der Waals surface area contributed by atoms with E-state index in [9.17, 15) is 14.4 Å². The normalized spacial score (nSPS) is 16.1. The Morgan fingerprint density at radius 2 is 2.00 bits per heavy atom. The molecule has 2 N–H and O–H groups in total. The molecule has 1 aromatic carbocycles. The molecule has 0 aromatic heterocycles. The molecule has 1 heterocycles. The van der Waals surface area contributed by atoms with E-state index >= 15 is 0 Å². The molecular formula is C16H21N3O4. The molecule has 0 aliphatic carbocycles. The SMILES string of the molecule is CCCNC(=O)CNC(=O)[C@@H]1CN(C(C)=O)c2ccccc2O1. The average Bonchev–Trinajstić information content (AvgIpc) is 2.56. The summed E-state index contributed by atoms with van der Waals surface area (Å²) in [7, 11) is 0. The van der Waals surface area contributed by atoms with Crippen molar-refractivity contribution in [2.45, 2.75) is 26.4 Å². The fourth-order valence-electron chi connectivity index (χ4n) is 2.28. The molecule has 1 aliphatic heterocycles. The van der Waals surface area contributed by atoms with Crippen molar-refractivity contribution in [2.75, 3.05) is 24.5 Å². The summed E-state index contributed by atoms with van der Waals surface area (Å²) >= 11 is 0. The van der Waals surface area contributed by atoms with Gasteiger partial charge in [-0.2, -0.15) is 0 Å². The molecule has 1 aliphatic rings. The van der Waals surface area contributed by atoms with E-state index < -0.39 is 12.0 Å². The molecule has 0 bridgehead atoms. The third-order valence-electron chi connectivity index (χ3n) is 3.44. The number of ether oxygens (including phenoxy) is 1. The minimum atomic E-state index is -0.840. The Labute approximate surface area is 135 Å². The van der Waals surface area contributed by atoms with E-state index in [1.165, 1.54) is 11.8 Å². The zero-order valence-electron chi connectivity index (χ0n) is 13.3. The maximum Gasteiger partial charge on any atom is 0.263 e. The second-order valence-corrected chi connectivity index (χ2v) is 5.27. The zero-order chi connectivity index (χ0) is 16.8. The van der Waals surface area contributed by atoms with Crippen molar-refractivity contribution in [3.8, 4) is 5.75 Å². The van der Waals surface area contributed by atoms with Crippen molar-refractivity contribution in [3.05, 3.63) is 24.3 Å². The van der Waals surface area contributed by atoms with E-state index in [4.69, 9.17) is 4.74 Å². The van der Waals surface area contributed by atoms with Crippen LogP contribution in [-0.4, -0.2) is 43.5 Å². The topological polar surface area (TPSA) is 87.7 Å². The van der Waals surface area contributed by atoms with Gasteiger partial charge in [-0.15, -0.1) is 0 Å². The molecule has 1 aromatic rings. The Hall–Kier alpha value is -2.57. The van der Waals surface area contributed by atoms with Gasteiger partial charge in [0.1, 0.15) is 5.75 Å². The lowest BCUT2D eigenvalue weighted by atomic mass is 10.1. The summed E-state index contributed by atoms with van der Waals surface area (Å²) in [5.41, 5.74) is 0.643. The van der Waals surface area contributed by atoms with Crippen molar-refractivity contribution in [2.24, 2.45) is 0 Å². The van der Waals surface area contributed by atoms with Gasteiger partial charge in [0, 0.05) is 13.5 Å². The molecule has 0 spiro atoms. The van der Waals surface area contributed by atoms with Crippen LogP contribution in [0.3, 0.4) is 0 Å². The van der Waals surface area contributed by atoms with Gasteiger partial charge in [-0.1, -0.05) is 19.1 Å². The number of para-hydroxylation sites is 2. The number of anilines is 1. The maximum absolute atomic E-state index is 12.2. The second-order valence-electron chi connectivity index (χ2n) is 5.27. The highest BCUT2D eigenvalue weighted by Gasteiger charge is 2.32. The summed E-state index contributed by atoms with van der Waals surface area (Å²) < 4.78 is 5.65. The number of benzene rings is 1. The molecule has 0 unspecified atom stereocenters. The number of nitrogens with one attached hydrogen (secondary N) is 2. The predicted octanol–water partition coefficient (Wildman–Crippen LogP) is 0.443. The quantitative estimate of drug-likeness (QED) is 0.824. The Morgan fingerprint density at radius 3 is 2.70 bits per heavy atom. The van der Waals surface area contributed by atoms with Gasteiger partial charge in [-0.25, -0.2) is 0 Å². The number of fused-ring (bicyclic) bond motifs is 1. The Balaban J connectivity index is 2.00. The smallest absolute Gasteiger partial charge is 0.263 e. The van der Waals surface area contributed by atoms with Crippen molar-refractivity contribution in [1.29, 1.82) is 0 Å². The highest BCUT2D eigenvalue weighted by Crippen LogP contribution is 2.33.